The molecule has 0 radical (unpaired) electrons. The van der Waals surface area contributed by atoms with Gasteiger partial charge in [-0.05, 0) is 51.2 Å². The van der Waals surface area contributed by atoms with Gasteiger partial charge in [0.25, 0.3) is 0 Å². The van der Waals surface area contributed by atoms with E-state index in [1.807, 2.05) is 6.26 Å². The van der Waals surface area contributed by atoms with E-state index < -0.39 is 30.1 Å². The first kappa shape index (κ1) is 27.0. The number of urea groups is 1. The van der Waals surface area contributed by atoms with Gasteiger partial charge in [0.15, 0.2) is 5.78 Å². The highest BCUT2D eigenvalue weighted by Gasteiger charge is 2.27. The Morgan fingerprint density at radius 1 is 1.00 bits per heavy atom. The van der Waals surface area contributed by atoms with Gasteiger partial charge < -0.3 is 22.5 Å². The van der Waals surface area contributed by atoms with Crippen molar-refractivity contribution in [3.8, 4) is 0 Å². The topological polar surface area (TPSA) is 182 Å². The van der Waals surface area contributed by atoms with E-state index in [9.17, 15) is 19.2 Å². The van der Waals surface area contributed by atoms with Crippen LogP contribution in [0.3, 0.4) is 0 Å². The number of carbonyl (C=O) groups is 4. The first-order valence-corrected chi connectivity index (χ1v) is 10.8. The Bertz CT molecular complexity index is 587. The molecule has 3 atom stereocenters. The molecule has 0 saturated carbocycles. The zero-order valence-electron chi connectivity index (χ0n) is 17.2. The predicted octanol–water partition coefficient (Wildman–Crippen LogP) is -0.673. The molecule has 0 aliphatic heterocycles. The molecule has 0 aromatic carbocycles. The number of hydrogen-bond acceptors (Lipinski definition) is 8. The molecule has 0 spiro atoms. The first-order valence-electron chi connectivity index (χ1n) is 9.41. The number of hydrogen-bond donors (Lipinski definition) is 6. The van der Waals surface area contributed by atoms with Crippen molar-refractivity contribution in [1.29, 1.82) is 0 Å². The van der Waals surface area contributed by atoms with Gasteiger partial charge in [-0.3, -0.25) is 14.4 Å². The summed E-state index contributed by atoms with van der Waals surface area (Å²) in [6, 6.07) is -2.94. The molecule has 10 nitrogen and oxygen atoms in total. The molecule has 0 bridgehead atoms. The normalized spacial score (nSPS) is 13.9. The van der Waals surface area contributed by atoms with Crippen LogP contribution in [0.5, 0.6) is 0 Å². The largest absolute Gasteiger partial charge is 0.370 e. The van der Waals surface area contributed by atoms with Crippen LogP contribution in [0.4, 0.5) is 4.79 Å². The van der Waals surface area contributed by atoms with Crippen LogP contribution in [0.2, 0.25) is 0 Å². The highest BCUT2D eigenvalue weighted by molar-refractivity contribution is 7.98. The maximum absolute atomic E-state index is 12.9. The number of carbonyl (C=O) groups excluding carboxylic acids is 4. The van der Waals surface area contributed by atoms with Crippen LogP contribution in [-0.2, 0) is 14.4 Å². The lowest BCUT2D eigenvalue weighted by atomic mass is 9.94. The van der Waals surface area contributed by atoms with Crippen LogP contribution in [0, 0.1) is 0 Å². The van der Waals surface area contributed by atoms with E-state index >= 15 is 0 Å². The third kappa shape index (κ3) is 11.6. The number of amides is 3. The molecule has 9 N–H and O–H groups in total. The summed E-state index contributed by atoms with van der Waals surface area (Å²) in [5, 5.41) is 2.46. The third-order valence-electron chi connectivity index (χ3n) is 4.26. The molecular weight excluding hydrogens is 396 g/mol. The molecule has 166 valence electrons. The zero-order chi connectivity index (χ0) is 22.4. The number of primary amides is 2. The number of nitrogens with one attached hydrogen (secondary N) is 3. The van der Waals surface area contributed by atoms with E-state index in [1.54, 1.807) is 11.8 Å². The molecule has 0 aromatic rings. The fourth-order valence-corrected chi connectivity index (χ4v) is 3.07. The van der Waals surface area contributed by atoms with E-state index in [0.29, 0.717) is 38.0 Å². The van der Waals surface area contributed by atoms with Crippen molar-refractivity contribution >= 4 is 35.3 Å². The van der Waals surface area contributed by atoms with Gasteiger partial charge in [0.1, 0.15) is 5.78 Å². The summed E-state index contributed by atoms with van der Waals surface area (Å²) in [4.78, 5) is 47.1. The Hall–Kier alpha value is -1.95. The van der Waals surface area contributed by atoms with Gasteiger partial charge in [0, 0.05) is 5.57 Å². The van der Waals surface area contributed by atoms with Crippen molar-refractivity contribution in [2.45, 2.75) is 57.2 Å². The fourth-order valence-electron chi connectivity index (χ4n) is 2.60. The zero-order valence-corrected chi connectivity index (χ0v) is 18.0. The van der Waals surface area contributed by atoms with Crippen LogP contribution in [-0.4, -0.2) is 60.2 Å². The lowest BCUT2D eigenvalue weighted by Crippen LogP contribution is -2.53. The summed E-state index contributed by atoms with van der Waals surface area (Å²) >= 11 is 1.58. The Labute approximate surface area is 176 Å². The van der Waals surface area contributed by atoms with Gasteiger partial charge in [0.05, 0.1) is 24.5 Å². The Morgan fingerprint density at radius 3 is 2.10 bits per heavy atom. The molecule has 11 heteroatoms. The minimum absolute atomic E-state index is 0.178. The van der Waals surface area contributed by atoms with Crippen LogP contribution in [0.25, 0.3) is 0 Å². The van der Waals surface area contributed by atoms with E-state index in [1.165, 1.54) is 6.92 Å². The molecule has 0 saturated heterocycles. The number of ketones is 2. The van der Waals surface area contributed by atoms with Gasteiger partial charge in [-0.25, -0.2) is 15.6 Å². The van der Waals surface area contributed by atoms with E-state index in [2.05, 4.69) is 22.7 Å². The average molecular weight is 431 g/mol. The second-order valence-electron chi connectivity index (χ2n) is 6.69. The van der Waals surface area contributed by atoms with Crippen LogP contribution < -0.4 is 33.4 Å². The molecule has 0 fully saturated rings. The molecule has 0 heterocycles. The molecule has 0 aliphatic carbocycles. The standard InChI is InChI=1S/C18H34N6O4S/c1-11(17(27)14(22-18(21)28)6-4-5-8-19)13(7-9-29-3)23-24-15(12(2)25)10-16(20)26/h13-15,23-24H,1,4-10,19H2,2-3H3,(H2,20,26)(H3,21,22,28)/t13-,14-,15-/m0/s1. The molecule has 3 amide bonds. The smallest absolute Gasteiger partial charge is 0.312 e. The second kappa shape index (κ2) is 15.0. The van der Waals surface area contributed by atoms with Crippen molar-refractivity contribution in [2.75, 3.05) is 18.6 Å². The summed E-state index contributed by atoms with van der Waals surface area (Å²) in [6.45, 7) is 5.71. The van der Waals surface area contributed by atoms with Gasteiger partial charge in [-0.2, -0.15) is 11.8 Å². The quantitative estimate of drug-likeness (QED) is 0.0996. The number of thioether (sulfide) groups is 1. The Balaban J connectivity index is 5.24. The van der Waals surface area contributed by atoms with E-state index in [0.717, 1.165) is 0 Å². The van der Waals surface area contributed by atoms with Crippen LogP contribution >= 0.6 is 11.8 Å². The van der Waals surface area contributed by atoms with Crippen molar-refractivity contribution in [1.82, 2.24) is 16.2 Å². The molecule has 0 unspecified atom stereocenters. The van der Waals surface area contributed by atoms with Crippen molar-refractivity contribution in [3.05, 3.63) is 12.2 Å². The number of rotatable bonds is 17. The maximum Gasteiger partial charge on any atom is 0.312 e. The minimum atomic E-state index is -0.823. The number of Topliss-reactive ketones (excluding diaryl/α,β-unsaturated/α-hetero) is 2. The van der Waals surface area contributed by atoms with Gasteiger partial charge >= 0.3 is 6.03 Å². The molecule has 0 aromatic heterocycles. The van der Waals surface area contributed by atoms with Crippen molar-refractivity contribution in [2.24, 2.45) is 17.2 Å². The average Bonchev–Trinajstić information content (AvgIpc) is 2.64. The number of nitrogens with two attached hydrogens (primary N) is 3. The van der Waals surface area contributed by atoms with Gasteiger partial charge in [0.2, 0.25) is 5.91 Å². The number of unbranched alkanes of at least 4 members (excludes halogenated alkanes) is 1. The summed E-state index contributed by atoms with van der Waals surface area (Å²) in [6.07, 6.45) is 4.02. The molecular formula is C18H34N6O4S. The van der Waals surface area contributed by atoms with Crippen molar-refractivity contribution < 1.29 is 19.2 Å². The van der Waals surface area contributed by atoms with E-state index in [4.69, 9.17) is 17.2 Å². The lowest BCUT2D eigenvalue weighted by molar-refractivity contribution is -0.124. The second-order valence-corrected chi connectivity index (χ2v) is 7.68. The van der Waals surface area contributed by atoms with Gasteiger partial charge in [-0.15, -0.1) is 0 Å². The van der Waals surface area contributed by atoms with Crippen molar-refractivity contribution in [3.63, 3.8) is 0 Å². The van der Waals surface area contributed by atoms with E-state index in [-0.39, 0.29) is 23.6 Å². The maximum atomic E-state index is 12.9. The summed E-state index contributed by atoms with van der Waals surface area (Å²) in [5.74, 6) is -0.532. The summed E-state index contributed by atoms with van der Waals surface area (Å²) < 4.78 is 0. The summed E-state index contributed by atoms with van der Waals surface area (Å²) in [7, 11) is 0. The monoisotopic (exact) mass is 430 g/mol. The lowest BCUT2D eigenvalue weighted by Gasteiger charge is -2.26. The van der Waals surface area contributed by atoms with Crippen LogP contribution in [0.1, 0.15) is 39.0 Å². The molecule has 0 aliphatic rings. The number of hydrazine groups is 1. The van der Waals surface area contributed by atoms with Crippen LogP contribution in [0.15, 0.2) is 12.2 Å². The highest BCUT2D eigenvalue weighted by Crippen LogP contribution is 2.14. The van der Waals surface area contributed by atoms with Gasteiger partial charge in [-0.1, -0.05) is 6.58 Å². The SMILES string of the molecule is C=C(C(=O)[C@H](CCCCN)NC(N)=O)[C@H](CCSC)NN[C@@H](CC(N)=O)C(C)=O. The minimum Gasteiger partial charge on any atom is -0.370 e. The molecule has 0 rings (SSSR count). The third-order valence-corrected chi connectivity index (χ3v) is 4.90. The first-order chi connectivity index (χ1) is 13.6. The fraction of sp³-hybridized carbons (Fsp3) is 0.667. The summed E-state index contributed by atoms with van der Waals surface area (Å²) in [5.41, 5.74) is 21.8. The Morgan fingerprint density at radius 2 is 1.62 bits per heavy atom. The predicted molar refractivity (Wildman–Crippen MR) is 115 cm³/mol. The molecule has 29 heavy (non-hydrogen) atoms. The highest BCUT2D eigenvalue weighted by atomic mass is 32.2. The Kier molecular flexibility index (Phi) is 14.0.